The first-order valence-corrected chi connectivity index (χ1v) is 5.53. The van der Waals surface area contributed by atoms with Gasteiger partial charge in [0.1, 0.15) is 0 Å². The number of aliphatic hydroxyl groups is 1. The van der Waals surface area contributed by atoms with Crippen LogP contribution in [0.5, 0.6) is 0 Å². The van der Waals surface area contributed by atoms with Crippen molar-refractivity contribution in [2.75, 3.05) is 13.2 Å². The van der Waals surface area contributed by atoms with Crippen LogP contribution in [0.4, 0.5) is 0 Å². The Morgan fingerprint density at radius 1 is 1.62 bits per heavy atom. The summed E-state index contributed by atoms with van der Waals surface area (Å²) >= 11 is 0. The van der Waals surface area contributed by atoms with Crippen molar-refractivity contribution >= 4 is 5.91 Å². The van der Waals surface area contributed by atoms with E-state index in [4.69, 9.17) is 5.11 Å². The van der Waals surface area contributed by atoms with Crippen LogP contribution in [0.2, 0.25) is 0 Å². The number of carbonyl (C=O) groups is 1. The molecule has 1 rings (SSSR count). The van der Waals surface area contributed by atoms with E-state index >= 15 is 0 Å². The van der Waals surface area contributed by atoms with Crippen LogP contribution >= 0.6 is 0 Å². The van der Waals surface area contributed by atoms with Crippen LogP contribution in [-0.2, 0) is 11.2 Å². The number of rotatable bonds is 6. The molecule has 2 N–H and O–H groups in total. The van der Waals surface area contributed by atoms with E-state index in [9.17, 15) is 4.79 Å². The van der Waals surface area contributed by atoms with E-state index in [1.165, 1.54) is 0 Å². The van der Waals surface area contributed by atoms with E-state index < -0.39 is 0 Å². The van der Waals surface area contributed by atoms with E-state index in [0.29, 0.717) is 19.4 Å². The molecule has 0 aromatic carbocycles. The molecule has 90 valence electrons. The van der Waals surface area contributed by atoms with Gasteiger partial charge in [-0.25, -0.2) is 0 Å². The normalized spacial score (nSPS) is 10.8. The van der Waals surface area contributed by atoms with Gasteiger partial charge < -0.3 is 10.0 Å². The van der Waals surface area contributed by atoms with Crippen molar-refractivity contribution in [3.8, 4) is 0 Å². The fourth-order valence-corrected chi connectivity index (χ4v) is 1.56. The van der Waals surface area contributed by atoms with Crippen molar-refractivity contribution in [2.24, 2.45) is 0 Å². The number of aromatic amines is 1. The fourth-order valence-electron chi connectivity index (χ4n) is 1.56. The first-order chi connectivity index (χ1) is 7.65. The van der Waals surface area contributed by atoms with Crippen molar-refractivity contribution in [1.29, 1.82) is 0 Å². The summed E-state index contributed by atoms with van der Waals surface area (Å²) in [6.45, 7) is 4.66. The summed E-state index contributed by atoms with van der Waals surface area (Å²) in [4.78, 5) is 13.7. The van der Waals surface area contributed by atoms with Crippen LogP contribution in [-0.4, -0.2) is 45.3 Å². The molecule has 0 spiro atoms. The van der Waals surface area contributed by atoms with Crippen LogP contribution in [0.25, 0.3) is 0 Å². The van der Waals surface area contributed by atoms with Crippen LogP contribution in [0.15, 0.2) is 12.3 Å². The minimum atomic E-state index is 0.0627. The number of aliphatic hydroxyl groups excluding tert-OH is 1. The van der Waals surface area contributed by atoms with Gasteiger partial charge in [0, 0.05) is 31.1 Å². The lowest BCUT2D eigenvalue weighted by Gasteiger charge is -2.26. The maximum Gasteiger partial charge on any atom is 0.228 e. The van der Waals surface area contributed by atoms with Gasteiger partial charge in [0.2, 0.25) is 5.91 Å². The van der Waals surface area contributed by atoms with E-state index in [2.05, 4.69) is 10.2 Å². The van der Waals surface area contributed by atoms with Gasteiger partial charge in [0.15, 0.2) is 0 Å². The molecule has 0 aliphatic rings. The molecule has 0 radical (unpaired) electrons. The molecule has 0 aliphatic heterocycles. The number of amides is 1. The van der Waals surface area contributed by atoms with Crippen LogP contribution in [0.3, 0.4) is 0 Å². The summed E-state index contributed by atoms with van der Waals surface area (Å²) in [5, 5.41) is 15.4. The predicted molar refractivity (Wildman–Crippen MR) is 60.8 cm³/mol. The molecule has 0 aliphatic carbocycles. The lowest BCUT2D eigenvalue weighted by Crippen LogP contribution is -2.39. The number of nitrogens with zero attached hydrogens (tertiary/aromatic N) is 2. The van der Waals surface area contributed by atoms with Gasteiger partial charge in [-0.1, -0.05) is 0 Å². The molecule has 1 aromatic rings. The third kappa shape index (κ3) is 3.66. The Bertz CT molecular complexity index is 309. The minimum absolute atomic E-state index is 0.0627. The highest BCUT2D eigenvalue weighted by Crippen LogP contribution is 2.04. The number of hydrogen-bond acceptors (Lipinski definition) is 3. The molecule has 0 saturated carbocycles. The molecule has 5 heteroatoms. The maximum absolute atomic E-state index is 12.0. The van der Waals surface area contributed by atoms with E-state index in [1.807, 2.05) is 13.8 Å². The zero-order valence-electron chi connectivity index (χ0n) is 9.81. The fraction of sp³-hybridized carbons (Fsp3) is 0.636. The molecule has 1 heterocycles. The average molecular weight is 225 g/mol. The second-order valence-corrected chi connectivity index (χ2v) is 4.02. The standard InChI is InChI=1S/C11H19N3O2/c1-9(2)14(6-3-7-15)11(16)8-10-4-5-12-13-10/h4-5,9,15H,3,6-8H2,1-2H3,(H,12,13). The summed E-state index contributed by atoms with van der Waals surface area (Å²) < 4.78 is 0. The minimum Gasteiger partial charge on any atom is -0.396 e. The SMILES string of the molecule is CC(C)N(CCCO)C(=O)Cc1ccn[nH]1. The van der Waals surface area contributed by atoms with Gasteiger partial charge in [-0.05, 0) is 26.3 Å². The molecule has 0 unspecified atom stereocenters. The quantitative estimate of drug-likeness (QED) is 0.743. The summed E-state index contributed by atoms with van der Waals surface area (Å²) in [7, 11) is 0. The summed E-state index contributed by atoms with van der Waals surface area (Å²) in [5.74, 6) is 0.0627. The third-order valence-electron chi connectivity index (χ3n) is 2.40. The monoisotopic (exact) mass is 225 g/mol. The van der Waals surface area contributed by atoms with Crippen molar-refractivity contribution in [1.82, 2.24) is 15.1 Å². The zero-order chi connectivity index (χ0) is 12.0. The van der Waals surface area contributed by atoms with Crippen LogP contribution in [0, 0.1) is 0 Å². The first kappa shape index (κ1) is 12.7. The third-order valence-corrected chi connectivity index (χ3v) is 2.40. The highest BCUT2D eigenvalue weighted by Gasteiger charge is 2.16. The molecule has 0 atom stereocenters. The van der Waals surface area contributed by atoms with Gasteiger partial charge in [0.25, 0.3) is 0 Å². The average Bonchev–Trinajstić information content (AvgIpc) is 2.70. The van der Waals surface area contributed by atoms with Crippen molar-refractivity contribution in [2.45, 2.75) is 32.7 Å². The maximum atomic E-state index is 12.0. The van der Waals surface area contributed by atoms with Gasteiger partial charge in [-0.15, -0.1) is 0 Å². The predicted octanol–water partition coefficient (Wildman–Crippen LogP) is 0.572. The zero-order valence-corrected chi connectivity index (χ0v) is 9.81. The Hall–Kier alpha value is -1.36. The van der Waals surface area contributed by atoms with E-state index in [0.717, 1.165) is 5.69 Å². The van der Waals surface area contributed by atoms with Crippen LogP contribution in [0.1, 0.15) is 26.0 Å². The Kier molecular flexibility index (Phi) is 4.98. The largest absolute Gasteiger partial charge is 0.396 e. The Morgan fingerprint density at radius 2 is 2.38 bits per heavy atom. The van der Waals surface area contributed by atoms with Crippen molar-refractivity contribution in [3.63, 3.8) is 0 Å². The highest BCUT2D eigenvalue weighted by atomic mass is 16.3. The molecule has 0 saturated heterocycles. The Balaban J connectivity index is 2.53. The van der Waals surface area contributed by atoms with Crippen LogP contribution < -0.4 is 0 Å². The molecule has 0 fully saturated rings. The Labute approximate surface area is 95.5 Å². The second-order valence-electron chi connectivity index (χ2n) is 4.02. The molecule has 16 heavy (non-hydrogen) atoms. The lowest BCUT2D eigenvalue weighted by atomic mass is 10.2. The van der Waals surface area contributed by atoms with Gasteiger partial charge in [-0.3, -0.25) is 9.89 Å². The van der Waals surface area contributed by atoms with Gasteiger partial charge in [0.05, 0.1) is 6.42 Å². The molecule has 5 nitrogen and oxygen atoms in total. The highest BCUT2D eigenvalue weighted by molar-refractivity contribution is 5.78. The number of H-pyrrole nitrogens is 1. The lowest BCUT2D eigenvalue weighted by molar-refractivity contribution is -0.132. The molecular weight excluding hydrogens is 206 g/mol. The van der Waals surface area contributed by atoms with E-state index in [-0.39, 0.29) is 18.6 Å². The molecule has 0 bridgehead atoms. The number of nitrogens with one attached hydrogen (secondary N) is 1. The van der Waals surface area contributed by atoms with E-state index in [1.54, 1.807) is 17.2 Å². The summed E-state index contributed by atoms with van der Waals surface area (Å²) in [6, 6.07) is 1.95. The molecule has 1 amide bonds. The van der Waals surface area contributed by atoms with Gasteiger partial charge in [-0.2, -0.15) is 5.10 Å². The first-order valence-electron chi connectivity index (χ1n) is 5.53. The molecule has 1 aromatic heterocycles. The topological polar surface area (TPSA) is 69.2 Å². The smallest absolute Gasteiger partial charge is 0.228 e. The summed E-state index contributed by atoms with van der Waals surface area (Å²) in [5.41, 5.74) is 0.819. The van der Waals surface area contributed by atoms with Crippen molar-refractivity contribution in [3.05, 3.63) is 18.0 Å². The Morgan fingerprint density at radius 3 is 2.88 bits per heavy atom. The number of aromatic nitrogens is 2. The number of carbonyl (C=O) groups excluding carboxylic acids is 1. The van der Waals surface area contributed by atoms with Crippen molar-refractivity contribution < 1.29 is 9.90 Å². The second kappa shape index (κ2) is 6.27. The van der Waals surface area contributed by atoms with Gasteiger partial charge >= 0.3 is 0 Å². The molecular formula is C11H19N3O2. The summed E-state index contributed by atoms with van der Waals surface area (Å²) in [6.07, 6.45) is 2.59. The number of hydrogen-bond donors (Lipinski definition) is 2.